The van der Waals surface area contributed by atoms with E-state index in [1.54, 1.807) is 17.0 Å². The molecule has 1 aliphatic heterocycles. The second-order valence-electron chi connectivity index (χ2n) is 6.61. The summed E-state index contributed by atoms with van der Waals surface area (Å²) in [5, 5.41) is 2.72. The SMILES string of the molecule is O=C(NC1CC1)C(c1ccccc1)N1C(=O)CSC1c1ccc(F)cc1. The minimum atomic E-state index is -0.686. The Morgan fingerprint density at radius 2 is 1.81 bits per heavy atom. The fraction of sp³-hybridized carbons (Fsp3) is 0.300. The Morgan fingerprint density at radius 1 is 1.12 bits per heavy atom. The predicted octanol–water partition coefficient (Wildman–Crippen LogP) is 3.42. The van der Waals surface area contributed by atoms with Crippen molar-refractivity contribution in [3.05, 3.63) is 71.5 Å². The highest BCUT2D eigenvalue weighted by Crippen LogP contribution is 2.44. The molecule has 4 nitrogen and oxygen atoms in total. The summed E-state index contributed by atoms with van der Waals surface area (Å²) in [5.74, 6) is -0.242. The van der Waals surface area contributed by atoms with Crippen molar-refractivity contribution in [1.82, 2.24) is 10.2 Å². The Kier molecular flexibility index (Phi) is 4.68. The zero-order chi connectivity index (χ0) is 18.1. The second-order valence-corrected chi connectivity index (χ2v) is 7.68. The predicted molar refractivity (Wildman–Crippen MR) is 98.8 cm³/mol. The van der Waals surface area contributed by atoms with Crippen molar-refractivity contribution in [2.24, 2.45) is 0 Å². The van der Waals surface area contributed by atoms with Gasteiger partial charge >= 0.3 is 0 Å². The molecule has 0 spiro atoms. The Labute approximate surface area is 155 Å². The summed E-state index contributed by atoms with van der Waals surface area (Å²) in [4.78, 5) is 27.3. The number of hydrogen-bond donors (Lipinski definition) is 1. The third-order valence-electron chi connectivity index (χ3n) is 4.63. The van der Waals surface area contributed by atoms with Crippen LogP contribution in [0.4, 0.5) is 4.39 Å². The third kappa shape index (κ3) is 3.46. The monoisotopic (exact) mass is 370 g/mol. The van der Waals surface area contributed by atoms with Crippen LogP contribution in [0.1, 0.15) is 35.4 Å². The number of thioether (sulfide) groups is 1. The molecular formula is C20H19FN2O2S. The Hall–Kier alpha value is -2.34. The minimum Gasteiger partial charge on any atom is -0.351 e. The molecule has 0 radical (unpaired) electrons. The lowest BCUT2D eigenvalue weighted by molar-refractivity contribution is -0.139. The molecule has 1 saturated carbocycles. The van der Waals surface area contributed by atoms with Crippen LogP contribution in [0.25, 0.3) is 0 Å². The van der Waals surface area contributed by atoms with Gasteiger partial charge in [0.2, 0.25) is 11.8 Å². The molecule has 1 N–H and O–H groups in total. The van der Waals surface area contributed by atoms with Gasteiger partial charge in [-0.05, 0) is 36.1 Å². The van der Waals surface area contributed by atoms with Crippen LogP contribution in [0.5, 0.6) is 0 Å². The van der Waals surface area contributed by atoms with Gasteiger partial charge in [0.15, 0.2) is 0 Å². The van der Waals surface area contributed by atoms with Crippen LogP contribution >= 0.6 is 11.8 Å². The second kappa shape index (κ2) is 7.11. The summed E-state index contributed by atoms with van der Waals surface area (Å²) in [6.45, 7) is 0. The number of hydrogen-bond acceptors (Lipinski definition) is 3. The van der Waals surface area contributed by atoms with E-state index in [-0.39, 0.29) is 29.0 Å². The van der Waals surface area contributed by atoms with E-state index in [9.17, 15) is 14.0 Å². The number of nitrogens with zero attached hydrogens (tertiary/aromatic N) is 1. The lowest BCUT2D eigenvalue weighted by Crippen LogP contribution is -2.43. The van der Waals surface area contributed by atoms with Crippen molar-refractivity contribution in [2.45, 2.75) is 30.3 Å². The van der Waals surface area contributed by atoms with Crippen molar-refractivity contribution < 1.29 is 14.0 Å². The summed E-state index contributed by atoms with van der Waals surface area (Å²) < 4.78 is 13.3. The molecule has 2 aromatic carbocycles. The number of rotatable bonds is 5. The molecule has 2 atom stereocenters. The molecule has 2 unspecified atom stereocenters. The van der Waals surface area contributed by atoms with E-state index in [4.69, 9.17) is 0 Å². The van der Waals surface area contributed by atoms with E-state index in [2.05, 4.69) is 5.32 Å². The molecule has 0 aromatic heterocycles. The fourth-order valence-corrected chi connectivity index (χ4v) is 4.38. The van der Waals surface area contributed by atoms with Crippen LogP contribution in [0.15, 0.2) is 54.6 Å². The van der Waals surface area contributed by atoms with Crippen LogP contribution in [-0.2, 0) is 9.59 Å². The first-order valence-electron chi connectivity index (χ1n) is 8.67. The quantitative estimate of drug-likeness (QED) is 0.877. The number of halogens is 1. The van der Waals surface area contributed by atoms with Crippen LogP contribution in [0, 0.1) is 5.82 Å². The van der Waals surface area contributed by atoms with Crippen LogP contribution in [0.2, 0.25) is 0 Å². The number of carbonyl (C=O) groups is 2. The van der Waals surface area contributed by atoms with Gasteiger partial charge < -0.3 is 10.2 Å². The molecule has 2 aliphatic rings. The van der Waals surface area contributed by atoms with Gasteiger partial charge in [-0.2, -0.15) is 0 Å². The van der Waals surface area contributed by atoms with Gasteiger partial charge in [-0.25, -0.2) is 4.39 Å². The largest absolute Gasteiger partial charge is 0.351 e. The Balaban J connectivity index is 1.70. The molecule has 2 fully saturated rings. The van der Waals surface area contributed by atoms with Gasteiger partial charge in [0, 0.05) is 6.04 Å². The van der Waals surface area contributed by atoms with Crippen molar-refractivity contribution in [1.29, 1.82) is 0 Å². The van der Waals surface area contributed by atoms with Gasteiger partial charge in [-0.1, -0.05) is 42.5 Å². The van der Waals surface area contributed by atoms with E-state index < -0.39 is 6.04 Å². The zero-order valence-corrected chi connectivity index (χ0v) is 14.9. The Morgan fingerprint density at radius 3 is 2.46 bits per heavy atom. The molecule has 26 heavy (non-hydrogen) atoms. The first-order chi connectivity index (χ1) is 12.6. The molecule has 6 heteroatoms. The number of amides is 2. The van der Waals surface area contributed by atoms with Crippen LogP contribution in [0.3, 0.4) is 0 Å². The highest BCUT2D eigenvalue weighted by molar-refractivity contribution is 8.00. The summed E-state index contributed by atoms with van der Waals surface area (Å²) >= 11 is 1.47. The molecular weight excluding hydrogens is 351 g/mol. The summed E-state index contributed by atoms with van der Waals surface area (Å²) in [6.07, 6.45) is 1.97. The number of nitrogens with one attached hydrogen (secondary N) is 1. The average Bonchev–Trinajstić information content (AvgIpc) is 3.39. The third-order valence-corrected chi connectivity index (χ3v) is 5.85. The van der Waals surface area contributed by atoms with Crippen molar-refractivity contribution >= 4 is 23.6 Å². The molecule has 1 aliphatic carbocycles. The fourth-order valence-electron chi connectivity index (χ4n) is 3.18. The van der Waals surface area contributed by atoms with Crippen molar-refractivity contribution in [3.8, 4) is 0 Å². The maximum absolute atomic E-state index is 13.3. The van der Waals surface area contributed by atoms with E-state index in [1.165, 1.54) is 23.9 Å². The Bertz CT molecular complexity index is 808. The van der Waals surface area contributed by atoms with Crippen LogP contribution < -0.4 is 5.32 Å². The van der Waals surface area contributed by atoms with Crippen molar-refractivity contribution in [2.75, 3.05) is 5.75 Å². The first kappa shape index (κ1) is 17.1. The van der Waals surface area contributed by atoms with E-state index in [0.29, 0.717) is 5.75 Å². The van der Waals surface area contributed by atoms with Gasteiger partial charge in [0.25, 0.3) is 0 Å². The number of benzene rings is 2. The molecule has 0 bridgehead atoms. The van der Waals surface area contributed by atoms with E-state index >= 15 is 0 Å². The summed E-state index contributed by atoms with van der Waals surface area (Å²) in [5.41, 5.74) is 1.61. The molecule has 1 heterocycles. The summed E-state index contributed by atoms with van der Waals surface area (Å²) in [7, 11) is 0. The van der Waals surface area contributed by atoms with Gasteiger partial charge in [-0.15, -0.1) is 11.8 Å². The van der Waals surface area contributed by atoms with Gasteiger partial charge in [0.1, 0.15) is 17.2 Å². The highest BCUT2D eigenvalue weighted by Gasteiger charge is 2.42. The summed E-state index contributed by atoms with van der Waals surface area (Å²) in [6, 6.07) is 15.0. The zero-order valence-electron chi connectivity index (χ0n) is 14.1. The topological polar surface area (TPSA) is 49.4 Å². The normalized spacial score (nSPS) is 20.9. The maximum Gasteiger partial charge on any atom is 0.247 e. The standard InChI is InChI=1S/C20H19FN2O2S/c21-15-8-6-14(7-9-15)20-23(17(24)12-26-20)18(13-4-2-1-3-5-13)19(25)22-16-10-11-16/h1-9,16,18,20H,10-12H2,(H,22,25). The van der Waals surface area contributed by atoms with Gasteiger partial charge in [0.05, 0.1) is 5.75 Å². The molecule has 4 rings (SSSR count). The number of carbonyl (C=O) groups excluding carboxylic acids is 2. The average molecular weight is 370 g/mol. The molecule has 1 saturated heterocycles. The smallest absolute Gasteiger partial charge is 0.247 e. The van der Waals surface area contributed by atoms with Gasteiger partial charge in [-0.3, -0.25) is 9.59 Å². The molecule has 134 valence electrons. The van der Waals surface area contributed by atoms with E-state index in [0.717, 1.165) is 24.0 Å². The molecule has 2 amide bonds. The molecule has 2 aromatic rings. The van der Waals surface area contributed by atoms with Crippen molar-refractivity contribution in [3.63, 3.8) is 0 Å². The maximum atomic E-state index is 13.3. The van der Waals surface area contributed by atoms with Crippen LogP contribution in [-0.4, -0.2) is 28.5 Å². The lowest BCUT2D eigenvalue weighted by atomic mass is 10.0. The first-order valence-corrected chi connectivity index (χ1v) is 9.72. The minimum absolute atomic E-state index is 0.0795. The highest BCUT2D eigenvalue weighted by atomic mass is 32.2. The van der Waals surface area contributed by atoms with E-state index in [1.807, 2.05) is 30.3 Å². The lowest BCUT2D eigenvalue weighted by Gasteiger charge is -2.32.